The highest BCUT2D eigenvalue weighted by Gasteiger charge is 2.09. The van der Waals surface area contributed by atoms with Gasteiger partial charge < -0.3 is 11.1 Å². The van der Waals surface area contributed by atoms with Crippen LogP contribution >= 0.6 is 0 Å². The van der Waals surface area contributed by atoms with Gasteiger partial charge in [0.15, 0.2) is 0 Å². The predicted molar refractivity (Wildman–Crippen MR) is 77.0 cm³/mol. The van der Waals surface area contributed by atoms with Crippen LogP contribution in [-0.2, 0) is 15.6 Å². The molecule has 0 saturated heterocycles. The van der Waals surface area contributed by atoms with Gasteiger partial charge in [-0.2, -0.15) is 0 Å². The second-order valence-electron chi connectivity index (χ2n) is 4.26. The fourth-order valence-corrected chi connectivity index (χ4v) is 2.60. The molecule has 5 heteroatoms. The maximum Gasteiger partial charge on any atom is 0.236 e. The topological polar surface area (TPSA) is 72.2 Å². The van der Waals surface area contributed by atoms with Gasteiger partial charge in [0.25, 0.3) is 0 Å². The Balaban J connectivity index is 2.54. The summed E-state index contributed by atoms with van der Waals surface area (Å²) in [4.78, 5) is 11.7. The Kier molecular flexibility index (Phi) is 5.85. The molecule has 4 nitrogen and oxygen atoms in total. The number of rotatable bonds is 6. The maximum absolute atomic E-state index is 11.7. The van der Waals surface area contributed by atoms with E-state index in [1.165, 1.54) is 0 Å². The molecule has 1 atom stereocenters. The minimum Gasteiger partial charge on any atom is -0.399 e. The number of hydrogen-bond donors (Lipinski definition) is 2. The van der Waals surface area contributed by atoms with Crippen LogP contribution in [0.4, 0.5) is 11.4 Å². The highest BCUT2D eigenvalue weighted by atomic mass is 32.2. The first-order valence-electron chi connectivity index (χ1n) is 6.04. The standard InChI is InChI=1S/C13H20N2O2S/c1-3-4-7-18(17)9-13(16)15-12-8-11(14)6-5-10(12)2/h5-6,8H,3-4,7,9,14H2,1-2H3,(H,15,16). The second kappa shape index (κ2) is 7.16. The number of aryl methyl sites for hydroxylation is 1. The lowest BCUT2D eigenvalue weighted by molar-refractivity contribution is -0.113. The highest BCUT2D eigenvalue weighted by molar-refractivity contribution is 7.85. The average molecular weight is 268 g/mol. The number of anilines is 2. The van der Waals surface area contributed by atoms with E-state index in [1.54, 1.807) is 12.1 Å². The summed E-state index contributed by atoms with van der Waals surface area (Å²) < 4.78 is 11.6. The summed E-state index contributed by atoms with van der Waals surface area (Å²) >= 11 is 0. The van der Waals surface area contributed by atoms with Gasteiger partial charge in [-0.3, -0.25) is 9.00 Å². The van der Waals surface area contributed by atoms with Gasteiger partial charge in [-0.1, -0.05) is 19.4 Å². The summed E-state index contributed by atoms with van der Waals surface area (Å²) in [6, 6.07) is 5.34. The lowest BCUT2D eigenvalue weighted by atomic mass is 10.2. The van der Waals surface area contributed by atoms with Crippen LogP contribution in [0.3, 0.4) is 0 Å². The Hall–Kier alpha value is -1.36. The minimum atomic E-state index is -1.08. The Morgan fingerprint density at radius 1 is 1.44 bits per heavy atom. The van der Waals surface area contributed by atoms with Crippen molar-refractivity contribution in [1.82, 2.24) is 0 Å². The summed E-state index contributed by atoms with van der Waals surface area (Å²) in [6.45, 7) is 3.93. The van der Waals surface area contributed by atoms with Gasteiger partial charge in [-0.25, -0.2) is 0 Å². The Morgan fingerprint density at radius 3 is 2.83 bits per heavy atom. The van der Waals surface area contributed by atoms with Crippen LogP contribution in [-0.4, -0.2) is 21.6 Å². The molecule has 1 aromatic rings. The van der Waals surface area contributed by atoms with Crippen molar-refractivity contribution in [2.45, 2.75) is 26.7 Å². The molecule has 0 fully saturated rings. The summed E-state index contributed by atoms with van der Waals surface area (Å²) in [6.07, 6.45) is 1.87. The molecule has 0 aliphatic rings. The zero-order chi connectivity index (χ0) is 13.5. The molecule has 0 bridgehead atoms. The number of nitrogens with two attached hydrogens (primary N) is 1. The third-order valence-electron chi connectivity index (χ3n) is 2.55. The molecule has 1 rings (SSSR count). The van der Waals surface area contributed by atoms with Gasteiger partial charge in [-0.05, 0) is 31.0 Å². The Bertz CT molecular complexity index is 447. The molecule has 0 spiro atoms. The molecule has 0 saturated carbocycles. The van der Waals surface area contributed by atoms with Crippen LogP contribution in [0.25, 0.3) is 0 Å². The van der Waals surface area contributed by atoms with Crippen LogP contribution in [0.5, 0.6) is 0 Å². The summed E-state index contributed by atoms with van der Waals surface area (Å²) in [5, 5.41) is 2.75. The quantitative estimate of drug-likeness (QED) is 0.776. The largest absolute Gasteiger partial charge is 0.399 e. The van der Waals surface area contributed by atoms with E-state index >= 15 is 0 Å². The first-order valence-corrected chi connectivity index (χ1v) is 7.52. The molecule has 1 aromatic carbocycles. The lowest BCUT2D eigenvalue weighted by Crippen LogP contribution is -2.21. The van der Waals surface area contributed by atoms with Crippen molar-refractivity contribution in [2.75, 3.05) is 22.6 Å². The number of unbranched alkanes of at least 4 members (excludes halogenated alkanes) is 1. The first-order chi connectivity index (χ1) is 8.52. The van der Waals surface area contributed by atoms with Crippen molar-refractivity contribution in [1.29, 1.82) is 0 Å². The maximum atomic E-state index is 11.7. The molecule has 3 N–H and O–H groups in total. The summed E-state index contributed by atoms with van der Waals surface area (Å²) in [5.74, 6) is 0.409. The molecule has 0 aromatic heterocycles. The van der Waals surface area contributed by atoms with Gasteiger partial charge in [-0.15, -0.1) is 0 Å². The third-order valence-corrected chi connectivity index (χ3v) is 3.88. The molecular formula is C13H20N2O2S. The number of carbonyl (C=O) groups excluding carboxylic acids is 1. The van der Waals surface area contributed by atoms with Crippen molar-refractivity contribution in [2.24, 2.45) is 0 Å². The van der Waals surface area contributed by atoms with Gasteiger partial charge >= 0.3 is 0 Å². The second-order valence-corrected chi connectivity index (χ2v) is 5.84. The third kappa shape index (κ3) is 4.87. The van der Waals surface area contributed by atoms with Gasteiger partial charge in [0.2, 0.25) is 5.91 Å². The Labute approximate surface area is 110 Å². The van der Waals surface area contributed by atoms with E-state index in [4.69, 9.17) is 5.73 Å². The van der Waals surface area contributed by atoms with Crippen LogP contribution in [0, 0.1) is 6.92 Å². The van der Waals surface area contributed by atoms with Crippen LogP contribution in [0.15, 0.2) is 18.2 Å². The molecule has 18 heavy (non-hydrogen) atoms. The van der Waals surface area contributed by atoms with Crippen molar-refractivity contribution in [3.63, 3.8) is 0 Å². The minimum absolute atomic E-state index is 0.0498. The predicted octanol–water partition coefficient (Wildman–Crippen LogP) is 2.06. The number of hydrogen-bond acceptors (Lipinski definition) is 3. The van der Waals surface area contributed by atoms with Crippen LogP contribution in [0.1, 0.15) is 25.3 Å². The monoisotopic (exact) mass is 268 g/mol. The molecule has 0 heterocycles. The van der Waals surface area contributed by atoms with Crippen LogP contribution < -0.4 is 11.1 Å². The SMILES string of the molecule is CCCCS(=O)CC(=O)Nc1cc(N)ccc1C. The smallest absolute Gasteiger partial charge is 0.236 e. The number of amides is 1. The van der Waals surface area contributed by atoms with Crippen molar-refractivity contribution < 1.29 is 9.00 Å². The molecule has 1 unspecified atom stereocenters. The van der Waals surface area contributed by atoms with E-state index in [0.717, 1.165) is 18.4 Å². The molecule has 0 radical (unpaired) electrons. The lowest BCUT2D eigenvalue weighted by Gasteiger charge is -2.09. The zero-order valence-electron chi connectivity index (χ0n) is 10.9. The summed E-state index contributed by atoms with van der Waals surface area (Å²) in [5.41, 5.74) is 7.89. The van der Waals surface area contributed by atoms with Crippen molar-refractivity contribution in [3.8, 4) is 0 Å². The van der Waals surface area contributed by atoms with E-state index in [-0.39, 0.29) is 11.7 Å². The molecular weight excluding hydrogens is 248 g/mol. The zero-order valence-corrected chi connectivity index (χ0v) is 11.7. The Morgan fingerprint density at radius 2 is 2.17 bits per heavy atom. The van der Waals surface area contributed by atoms with Gasteiger partial charge in [0.1, 0.15) is 5.75 Å². The number of nitrogens with one attached hydrogen (secondary N) is 1. The number of nitrogen functional groups attached to an aromatic ring is 1. The fourth-order valence-electron chi connectivity index (χ4n) is 1.48. The van der Waals surface area contributed by atoms with Gasteiger partial charge in [0.05, 0.1) is 0 Å². The van der Waals surface area contributed by atoms with E-state index in [9.17, 15) is 9.00 Å². The van der Waals surface area contributed by atoms with Crippen molar-refractivity contribution in [3.05, 3.63) is 23.8 Å². The van der Waals surface area contributed by atoms with Gasteiger partial charge in [0, 0.05) is 27.9 Å². The van der Waals surface area contributed by atoms with E-state index in [2.05, 4.69) is 5.32 Å². The average Bonchev–Trinajstić information content (AvgIpc) is 2.31. The molecule has 1 amide bonds. The van der Waals surface area contributed by atoms with E-state index in [0.29, 0.717) is 17.1 Å². The van der Waals surface area contributed by atoms with Crippen molar-refractivity contribution >= 4 is 28.1 Å². The van der Waals surface area contributed by atoms with E-state index < -0.39 is 10.8 Å². The molecule has 0 aliphatic heterocycles. The fraction of sp³-hybridized carbons (Fsp3) is 0.462. The highest BCUT2D eigenvalue weighted by Crippen LogP contribution is 2.17. The normalized spacial score (nSPS) is 12.1. The van der Waals surface area contributed by atoms with Crippen LogP contribution in [0.2, 0.25) is 0 Å². The summed E-state index contributed by atoms with van der Waals surface area (Å²) in [7, 11) is -1.08. The molecule has 0 aliphatic carbocycles. The first kappa shape index (κ1) is 14.7. The number of carbonyl (C=O) groups is 1. The van der Waals surface area contributed by atoms with E-state index in [1.807, 2.05) is 19.9 Å². The number of benzene rings is 1. The molecule has 100 valence electrons.